The smallest absolute Gasteiger partial charge is 0.254 e. The van der Waals surface area contributed by atoms with Gasteiger partial charge >= 0.3 is 0 Å². The highest BCUT2D eigenvalue weighted by Gasteiger charge is 2.53. The maximum Gasteiger partial charge on any atom is 0.254 e. The predicted octanol–water partition coefficient (Wildman–Crippen LogP) is 5.26. The molecule has 0 amide bonds. The molecule has 29 heavy (non-hydrogen) atoms. The molecule has 4 saturated carbocycles. The van der Waals surface area contributed by atoms with Gasteiger partial charge in [-0.3, -0.25) is 0 Å². The highest BCUT2D eigenvalue weighted by Crippen LogP contribution is 2.60. The zero-order chi connectivity index (χ0) is 19.8. The van der Waals surface area contributed by atoms with Gasteiger partial charge in [-0.15, -0.1) is 5.10 Å². The summed E-state index contributed by atoms with van der Waals surface area (Å²) in [6, 6.07) is 8.57. The molecule has 4 aliphatic carbocycles. The second-order valence-electron chi connectivity index (χ2n) is 10.1. The zero-order valence-electron chi connectivity index (χ0n) is 17.6. The number of nitrogens with one attached hydrogen (secondary N) is 1. The molecule has 1 N–H and O–H groups in total. The minimum absolute atomic E-state index is 0.187. The Kier molecular flexibility index (Phi) is 3.63. The SMILES string of the molecule is Cc1ccc(C)c(Nc2cc(C)nc3nc(C45CC6CC(CC(C6)C4)C5)nn23)c1. The van der Waals surface area contributed by atoms with E-state index in [0.29, 0.717) is 0 Å². The van der Waals surface area contributed by atoms with E-state index in [1.807, 2.05) is 11.4 Å². The van der Waals surface area contributed by atoms with Crippen molar-refractivity contribution in [2.24, 2.45) is 17.8 Å². The molecule has 7 rings (SSSR count). The Bertz CT molecular complexity index is 1080. The fourth-order valence-electron chi connectivity index (χ4n) is 6.69. The van der Waals surface area contributed by atoms with Gasteiger partial charge in [0.2, 0.25) is 0 Å². The van der Waals surface area contributed by atoms with E-state index < -0.39 is 0 Å². The first-order valence-corrected chi connectivity index (χ1v) is 11.1. The molecular weight excluding hydrogens is 358 g/mol. The standard InChI is InChI=1S/C24H29N5/c1-14-4-5-15(2)20(6-14)26-21-7-16(3)25-23-27-22(28-29(21)23)24-11-17-8-18(12-24)10-19(9-17)13-24/h4-7,17-19,26H,8-13H2,1-3H3. The van der Waals surface area contributed by atoms with E-state index in [4.69, 9.17) is 15.1 Å². The molecule has 0 saturated heterocycles. The van der Waals surface area contributed by atoms with Gasteiger partial charge in [-0.05, 0) is 94.2 Å². The van der Waals surface area contributed by atoms with Crippen LogP contribution >= 0.6 is 0 Å². The lowest BCUT2D eigenvalue weighted by molar-refractivity contribution is -0.00925. The van der Waals surface area contributed by atoms with Gasteiger partial charge in [0.15, 0.2) is 5.82 Å². The maximum atomic E-state index is 5.07. The van der Waals surface area contributed by atoms with E-state index >= 15 is 0 Å². The van der Waals surface area contributed by atoms with Crippen molar-refractivity contribution < 1.29 is 0 Å². The van der Waals surface area contributed by atoms with Crippen LogP contribution in [0.25, 0.3) is 5.78 Å². The molecule has 5 heteroatoms. The minimum atomic E-state index is 0.187. The number of anilines is 2. The van der Waals surface area contributed by atoms with Crippen LogP contribution in [0.3, 0.4) is 0 Å². The van der Waals surface area contributed by atoms with Crippen LogP contribution in [0, 0.1) is 38.5 Å². The number of fused-ring (bicyclic) bond motifs is 1. The quantitative estimate of drug-likeness (QED) is 0.666. The number of hydrogen-bond acceptors (Lipinski definition) is 4. The zero-order valence-corrected chi connectivity index (χ0v) is 17.6. The first-order valence-electron chi connectivity index (χ1n) is 11.1. The highest BCUT2D eigenvalue weighted by atomic mass is 15.4. The monoisotopic (exact) mass is 387 g/mol. The summed E-state index contributed by atoms with van der Waals surface area (Å²) in [6.07, 6.45) is 8.12. The third kappa shape index (κ3) is 2.77. The number of aryl methyl sites for hydroxylation is 3. The van der Waals surface area contributed by atoms with Gasteiger partial charge in [-0.2, -0.15) is 9.50 Å². The van der Waals surface area contributed by atoms with Crippen molar-refractivity contribution in [2.75, 3.05) is 5.32 Å². The molecule has 4 aliphatic rings. The molecule has 0 aliphatic heterocycles. The van der Waals surface area contributed by atoms with E-state index in [-0.39, 0.29) is 5.41 Å². The van der Waals surface area contributed by atoms with Gasteiger partial charge in [0.05, 0.1) is 0 Å². The van der Waals surface area contributed by atoms with Crippen LogP contribution in [0.4, 0.5) is 11.5 Å². The van der Waals surface area contributed by atoms with Gasteiger partial charge < -0.3 is 5.32 Å². The van der Waals surface area contributed by atoms with Gasteiger partial charge in [-0.1, -0.05) is 12.1 Å². The Morgan fingerprint density at radius 2 is 1.62 bits per heavy atom. The summed E-state index contributed by atoms with van der Waals surface area (Å²) in [5.41, 5.74) is 4.73. The first kappa shape index (κ1) is 17.4. The summed E-state index contributed by atoms with van der Waals surface area (Å²) in [6.45, 7) is 6.29. The van der Waals surface area contributed by atoms with Crippen LogP contribution in [0.15, 0.2) is 24.3 Å². The van der Waals surface area contributed by atoms with E-state index in [1.54, 1.807) is 0 Å². The fourth-order valence-corrected chi connectivity index (χ4v) is 6.69. The molecule has 2 heterocycles. The molecular formula is C24H29N5. The van der Waals surface area contributed by atoms with Crippen molar-refractivity contribution in [3.63, 3.8) is 0 Å². The third-order valence-corrected chi connectivity index (χ3v) is 7.61. The van der Waals surface area contributed by atoms with Crippen molar-refractivity contribution in [1.29, 1.82) is 0 Å². The molecule has 5 nitrogen and oxygen atoms in total. The normalized spacial score (nSPS) is 30.2. The van der Waals surface area contributed by atoms with Crippen LogP contribution < -0.4 is 5.32 Å². The molecule has 4 fully saturated rings. The van der Waals surface area contributed by atoms with Crippen LogP contribution in [0.1, 0.15) is 61.2 Å². The van der Waals surface area contributed by atoms with Gasteiger partial charge in [0.25, 0.3) is 5.78 Å². The summed E-state index contributed by atoms with van der Waals surface area (Å²) in [4.78, 5) is 9.72. The Balaban J connectivity index is 1.44. The Morgan fingerprint density at radius 1 is 0.931 bits per heavy atom. The predicted molar refractivity (Wildman–Crippen MR) is 115 cm³/mol. The van der Waals surface area contributed by atoms with Gasteiger partial charge in [-0.25, -0.2) is 4.98 Å². The van der Waals surface area contributed by atoms with Gasteiger partial charge in [0, 0.05) is 22.9 Å². The summed E-state index contributed by atoms with van der Waals surface area (Å²) in [5, 5.41) is 8.68. The lowest BCUT2D eigenvalue weighted by atomic mass is 9.49. The molecule has 1 aromatic carbocycles. The second-order valence-corrected chi connectivity index (χ2v) is 10.1. The first-order chi connectivity index (χ1) is 14.0. The van der Waals surface area contributed by atoms with Crippen molar-refractivity contribution in [3.05, 3.63) is 46.9 Å². The maximum absolute atomic E-state index is 5.07. The third-order valence-electron chi connectivity index (χ3n) is 7.61. The molecule has 3 aromatic rings. The number of aromatic nitrogens is 4. The van der Waals surface area contributed by atoms with Crippen LogP contribution in [0.5, 0.6) is 0 Å². The molecule has 0 radical (unpaired) electrons. The molecule has 2 aromatic heterocycles. The van der Waals surface area contributed by atoms with E-state index in [2.05, 4.69) is 43.4 Å². The van der Waals surface area contributed by atoms with Gasteiger partial charge in [0.1, 0.15) is 5.82 Å². The summed E-state index contributed by atoms with van der Waals surface area (Å²) >= 11 is 0. The second kappa shape index (κ2) is 6.04. The summed E-state index contributed by atoms with van der Waals surface area (Å²) in [5.74, 6) is 5.37. The number of nitrogens with zero attached hydrogens (tertiary/aromatic N) is 4. The molecule has 150 valence electrons. The fraction of sp³-hybridized carbons (Fsp3) is 0.542. The Labute approximate surface area is 172 Å². The minimum Gasteiger partial charge on any atom is -0.340 e. The molecule has 0 spiro atoms. The molecule has 4 bridgehead atoms. The Morgan fingerprint density at radius 3 is 2.31 bits per heavy atom. The van der Waals surface area contributed by atoms with E-state index in [9.17, 15) is 0 Å². The number of benzene rings is 1. The average Bonchev–Trinajstić information content (AvgIpc) is 3.09. The van der Waals surface area contributed by atoms with Crippen LogP contribution in [-0.2, 0) is 5.41 Å². The summed E-state index contributed by atoms with van der Waals surface area (Å²) < 4.78 is 1.93. The van der Waals surface area contributed by atoms with E-state index in [0.717, 1.165) is 46.6 Å². The lowest BCUT2D eigenvalue weighted by Gasteiger charge is -2.55. The van der Waals surface area contributed by atoms with Crippen LogP contribution in [-0.4, -0.2) is 19.6 Å². The van der Waals surface area contributed by atoms with Crippen molar-refractivity contribution >= 4 is 17.3 Å². The molecule has 0 unspecified atom stereocenters. The van der Waals surface area contributed by atoms with E-state index in [1.165, 1.54) is 49.7 Å². The number of hydrogen-bond donors (Lipinski definition) is 1. The topological polar surface area (TPSA) is 55.1 Å². The number of rotatable bonds is 3. The largest absolute Gasteiger partial charge is 0.340 e. The lowest BCUT2D eigenvalue weighted by Crippen LogP contribution is -2.49. The average molecular weight is 388 g/mol. The molecule has 0 atom stereocenters. The van der Waals surface area contributed by atoms with Crippen molar-refractivity contribution in [1.82, 2.24) is 19.6 Å². The Hall–Kier alpha value is -2.43. The summed E-state index contributed by atoms with van der Waals surface area (Å²) in [7, 11) is 0. The van der Waals surface area contributed by atoms with Crippen molar-refractivity contribution in [3.8, 4) is 0 Å². The van der Waals surface area contributed by atoms with Crippen LogP contribution in [0.2, 0.25) is 0 Å². The highest BCUT2D eigenvalue weighted by molar-refractivity contribution is 5.63. The van der Waals surface area contributed by atoms with Crippen molar-refractivity contribution in [2.45, 2.75) is 64.7 Å².